The largest absolute Gasteiger partial charge is 0.468 e. The van der Waals surface area contributed by atoms with Gasteiger partial charge in [-0.3, -0.25) is 0 Å². The second kappa shape index (κ2) is 10.7. The minimum Gasteiger partial charge on any atom is -0.468 e. The third-order valence-electron chi connectivity index (χ3n) is 4.32. The molecule has 0 spiro atoms. The van der Waals surface area contributed by atoms with E-state index in [0.717, 1.165) is 28.0 Å². The van der Waals surface area contributed by atoms with E-state index < -0.39 is 0 Å². The number of carbonyl (C=O) groups is 1. The first-order valence-electron chi connectivity index (χ1n) is 9.39. The fourth-order valence-corrected chi connectivity index (χ4v) is 2.85. The molecular weight excluding hydrogens is 376 g/mol. The van der Waals surface area contributed by atoms with Crippen LogP contribution in [0.15, 0.2) is 78.9 Å². The average molecular weight is 398 g/mol. The fraction of sp³-hybridized carbons (Fsp3) is 0.115. The molecule has 3 rings (SSSR count). The minimum absolute atomic E-state index is 0.210. The Labute approximate surface area is 176 Å². The lowest BCUT2D eigenvalue weighted by atomic mass is 9.99. The number of methoxy groups -OCH3 is 2. The monoisotopic (exact) mass is 398 g/mol. The van der Waals surface area contributed by atoms with E-state index in [4.69, 9.17) is 14.2 Å². The van der Waals surface area contributed by atoms with E-state index >= 15 is 0 Å². The van der Waals surface area contributed by atoms with E-state index in [1.54, 1.807) is 31.4 Å². The van der Waals surface area contributed by atoms with Gasteiger partial charge in [-0.15, -0.1) is 0 Å². The molecule has 0 unspecified atom stereocenters. The number of ether oxygens (including phenoxy) is 3. The van der Waals surface area contributed by atoms with E-state index in [9.17, 15) is 4.79 Å². The molecule has 0 fully saturated rings. The number of rotatable bonds is 6. The summed E-state index contributed by atoms with van der Waals surface area (Å²) in [5, 5.41) is 0. The van der Waals surface area contributed by atoms with Crippen molar-refractivity contribution in [3.05, 3.63) is 95.6 Å². The van der Waals surface area contributed by atoms with E-state index in [2.05, 4.69) is 17.9 Å². The van der Waals surface area contributed by atoms with Crippen molar-refractivity contribution >= 4 is 12.0 Å². The van der Waals surface area contributed by atoms with Crippen LogP contribution in [0.4, 0.5) is 0 Å². The van der Waals surface area contributed by atoms with Gasteiger partial charge in [0.05, 0.1) is 12.7 Å². The van der Waals surface area contributed by atoms with Gasteiger partial charge < -0.3 is 14.2 Å². The summed E-state index contributed by atoms with van der Waals surface area (Å²) in [6.07, 6.45) is 3.80. The number of allylic oxidation sites excluding steroid dienone is 1. The predicted octanol–water partition coefficient (Wildman–Crippen LogP) is 5.19. The molecule has 0 bridgehead atoms. The quantitative estimate of drug-likeness (QED) is 0.326. The molecular formula is C26H22O4. The molecule has 0 aliphatic rings. The van der Waals surface area contributed by atoms with Gasteiger partial charge in [-0.1, -0.05) is 48.2 Å². The summed E-state index contributed by atoms with van der Waals surface area (Å²) in [6.45, 7) is 0.210. The van der Waals surface area contributed by atoms with Crippen molar-refractivity contribution < 1.29 is 19.0 Å². The molecule has 4 nitrogen and oxygen atoms in total. The Hall–Kier alpha value is -3.81. The molecule has 0 radical (unpaired) electrons. The van der Waals surface area contributed by atoms with Crippen LogP contribution in [0.25, 0.3) is 17.2 Å². The van der Waals surface area contributed by atoms with Crippen LogP contribution in [0.2, 0.25) is 0 Å². The number of hydrogen-bond acceptors (Lipinski definition) is 4. The Morgan fingerprint density at radius 3 is 2.53 bits per heavy atom. The van der Waals surface area contributed by atoms with Crippen molar-refractivity contribution in [3.63, 3.8) is 0 Å². The second-order valence-corrected chi connectivity index (χ2v) is 6.34. The summed E-state index contributed by atoms with van der Waals surface area (Å²) < 4.78 is 15.2. The summed E-state index contributed by atoms with van der Waals surface area (Å²) >= 11 is 0. The molecule has 150 valence electrons. The zero-order chi connectivity index (χ0) is 21.2. The van der Waals surface area contributed by atoms with Crippen molar-refractivity contribution in [2.45, 2.75) is 0 Å². The molecule has 4 heteroatoms. The van der Waals surface area contributed by atoms with Crippen molar-refractivity contribution in [1.82, 2.24) is 0 Å². The van der Waals surface area contributed by atoms with Gasteiger partial charge in [0.15, 0.2) is 6.79 Å². The molecule has 0 aliphatic heterocycles. The van der Waals surface area contributed by atoms with Crippen LogP contribution in [0.3, 0.4) is 0 Å². The first-order valence-corrected chi connectivity index (χ1v) is 9.39. The Balaban J connectivity index is 1.77. The highest BCUT2D eigenvalue weighted by atomic mass is 16.7. The summed E-state index contributed by atoms with van der Waals surface area (Å²) in [6, 6.07) is 23.0. The minimum atomic E-state index is -0.359. The number of esters is 1. The summed E-state index contributed by atoms with van der Waals surface area (Å²) in [7, 11) is 2.96. The Kier molecular flexibility index (Phi) is 7.43. The molecule has 0 heterocycles. The third kappa shape index (κ3) is 5.60. The highest BCUT2D eigenvalue weighted by Gasteiger charge is 2.04. The SMILES string of the molecule is COCOc1cccc(-c2ccccc2C=CC#Cc2ccc(C(=O)OC)cc2)c1. The molecule has 0 saturated heterocycles. The van der Waals surface area contributed by atoms with Crippen molar-refractivity contribution in [1.29, 1.82) is 0 Å². The first-order chi connectivity index (χ1) is 14.7. The molecule has 30 heavy (non-hydrogen) atoms. The molecule has 0 aliphatic carbocycles. The number of hydrogen-bond donors (Lipinski definition) is 0. The molecule has 0 atom stereocenters. The van der Waals surface area contributed by atoms with Crippen LogP contribution >= 0.6 is 0 Å². The van der Waals surface area contributed by atoms with E-state index in [-0.39, 0.29) is 12.8 Å². The van der Waals surface area contributed by atoms with Crippen LogP contribution < -0.4 is 4.74 Å². The van der Waals surface area contributed by atoms with Crippen LogP contribution in [0.5, 0.6) is 5.75 Å². The van der Waals surface area contributed by atoms with Gasteiger partial charge in [0.2, 0.25) is 0 Å². The van der Waals surface area contributed by atoms with Crippen molar-refractivity contribution in [2.75, 3.05) is 21.0 Å². The fourth-order valence-electron chi connectivity index (χ4n) is 2.85. The van der Waals surface area contributed by atoms with Gasteiger partial charge in [-0.25, -0.2) is 4.79 Å². The number of carbonyl (C=O) groups excluding carboxylic acids is 1. The lowest BCUT2D eigenvalue weighted by molar-refractivity contribution is 0.0511. The summed E-state index contributed by atoms with van der Waals surface area (Å²) in [5.41, 5.74) is 4.51. The lowest BCUT2D eigenvalue weighted by Gasteiger charge is -2.09. The molecule has 0 aromatic heterocycles. The van der Waals surface area contributed by atoms with E-state index in [1.807, 2.05) is 54.6 Å². The van der Waals surface area contributed by atoms with Crippen LogP contribution in [0.1, 0.15) is 21.5 Å². The Bertz CT molecular complexity index is 1090. The maximum absolute atomic E-state index is 11.5. The van der Waals surface area contributed by atoms with E-state index in [0.29, 0.717) is 5.56 Å². The standard InChI is InChI=1S/C26H22O4/c1-28-19-30-24-12-7-11-23(18-24)25-13-6-5-10-21(25)9-4-3-8-20-14-16-22(17-15-20)26(27)29-2/h4-7,9-18H,19H2,1-2H3. The Morgan fingerprint density at radius 1 is 0.967 bits per heavy atom. The third-order valence-corrected chi connectivity index (χ3v) is 4.32. The average Bonchev–Trinajstić information content (AvgIpc) is 2.81. The van der Waals surface area contributed by atoms with Gasteiger partial charge in [-0.05, 0) is 65.2 Å². The van der Waals surface area contributed by atoms with Gasteiger partial charge in [0.25, 0.3) is 0 Å². The first kappa shape index (κ1) is 20.9. The highest BCUT2D eigenvalue weighted by Crippen LogP contribution is 2.27. The molecule has 0 N–H and O–H groups in total. The van der Waals surface area contributed by atoms with Crippen LogP contribution in [-0.2, 0) is 9.47 Å². The zero-order valence-corrected chi connectivity index (χ0v) is 16.9. The van der Waals surface area contributed by atoms with Crippen molar-refractivity contribution in [3.8, 4) is 28.7 Å². The normalized spacial score (nSPS) is 10.3. The van der Waals surface area contributed by atoms with Gasteiger partial charge >= 0.3 is 5.97 Å². The van der Waals surface area contributed by atoms with Gasteiger partial charge in [0.1, 0.15) is 5.75 Å². The second-order valence-electron chi connectivity index (χ2n) is 6.34. The maximum Gasteiger partial charge on any atom is 0.337 e. The predicted molar refractivity (Wildman–Crippen MR) is 118 cm³/mol. The summed E-state index contributed by atoms with van der Waals surface area (Å²) in [4.78, 5) is 11.5. The van der Waals surface area contributed by atoms with Gasteiger partial charge in [-0.2, -0.15) is 0 Å². The van der Waals surface area contributed by atoms with Crippen LogP contribution in [0, 0.1) is 11.8 Å². The Morgan fingerprint density at radius 2 is 1.77 bits per heavy atom. The van der Waals surface area contributed by atoms with Crippen molar-refractivity contribution in [2.24, 2.45) is 0 Å². The highest BCUT2D eigenvalue weighted by molar-refractivity contribution is 5.89. The molecule has 0 amide bonds. The summed E-state index contributed by atoms with van der Waals surface area (Å²) in [5.74, 6) is 6.51. The smallest absolute Gasteiger partial charge is 0.337 e. The van der Waals surface area contributed by atoms with E-state index in [1.165, 1.54) is 7.11 Å². The lowest BCUT2D eigenvalue weighted by Crippen LogP contribution is -2.00. The number of benzene rings is 3. The van der Waals surface area contributed by atoms with Crippen LogP contribution in [-0.4, -0.2) is 27.0 Å². The maximum atomic E-state index is 11.5. The topological polar surface area (TPSA) is 44.8 Å². The molecule has 3 aromatic rings. The molecule has 3 aromatic carbocycles. The van der Waals surface area contributed by atoms with Gasteiger partial charge in [0, 0.05) is 12.7 Å². The molecule has 0 saturated carbocycles. The zero-order valence-electron chi connectivity index (χ0n) is 16.9.